The average molecular weight is 342 g/mol. The lowest BCUT2D eigenvalue weighted by atomic mass is 10.1. The Labute approximate surface area is 141 Å². The van der Waals surface area contributed by atoms with E-state index >= 15 is 0 Å². The van der Waals surface area contributed by atoms with E-state index in [1.54, 1.807) is 0 Å². The second kappa shape index (κ2) is 6.00. The molecule has 1 amide bonds. The zero-order valence-corrected chi connectivity index (χ0v) is 13.4. The molecule has 1 aliphatic heterocycles. The summed E-state index contributed by atoms with van der Waals surface area (Å²) in [5.74, 6) is 1.11. The number of thioether (sulfide) groups is 1. The van der Waals surface area contributed by atoms with Crippen LogP contribution in [0.4, 0.5) is 11.6 Å². The SMILES string of the molecule is Nc1nc(SCC(=O)Nc2ccc3c(c2)CCO3)c2[nH]cnc2n1. The first-order valence-corrected chi connectivity index (χ1v) is 8.32. The number of anilines is 2. The summed E-state index contributed by atoms with van der Waals surface area (Å²) in [6.45, 7) is 0.692. The van der Waals surface area contributed by atoms with Crippen LogP contribution in [0.2, 0.25) is 0 Å². The quantitative estimate of drug-likeness (QED) is 0.487. The summed E-state index contributed by atoms with van der Waals surface area (Å²) in [7, 11) is 0. The van der Waals surface area contributed by atoms with Gasteiger partial charge in [0.25, 0.3) is 0 Å². The van der Waals surface area contributed by atoms with Gasteiger partial charge in [-0.1, -0.05) is 11.8 Å². The Morgan fingerprint density at radius 1 is 1.42 bits per heavy atom. The summed E-state index contributed by atoms with van der Waals surface area (Å²) < 4.78 is 5.46. The molecule has 0 saturated heterocycles. The number of H-pyrrole nitrogens is 1. The highest BCUT2D eigenvalue weighted by atomic mass is 32.2. The summed E-state index contributed by atoms with van der Waals surface area (Å²) in [5, 5.41) is 3.49. The molecule has 0 atom stereocenters. The van der Waals surface area contributed by atoms with E-state index in [1.165, 1.54) is 18.1 Å². The molecule has 3 heterocycles. The molecule has 0 saturated carbocycles. The van der Waals surface area contributed by atoms with Crippen LogP contribution < -0.4 is 15.8 Å². The van der Waals surface area contributed by atoms with E-state index in [0.29, 0.717) is 22.8 Å². The van der Waals surface area contributed by atoms with Crippen LogP contribution in [0.3, 0.4) is 0 Å². The average Bonchev–Trinajstić information content (AvgIpc) is 3.20. The van der Waals surface area contributed by atoms with E-state index in [4.69, 9.17) is 10.5 Å². The highest BCUT2D eigenvalue weighted by Crippen LogP contribution is 2.28. The number of aromatic amines is 1. The summed E-state index contributed by atoms with van der Waals surface area (Å²) in [4.78, 5) is 27.4. The van der Waals surface area contributed by atoms with Crippen molar-refractivity contribution >= 4 is 40.5 Å². The van der Waals surface area contributed by atoms with Crippen LogP contribution in [0.5, 0.6) is 5.75 Å². The third kappa shape index (κ3) is 2.85. The van der Waals surface area contributed by atoms with Crippen LogP contribution in [0.25, 0.3) is 11.2 Å². The maximum atomic E-state index is 12.2. The number of rotatable bonds is 4. The number of hydrogen-bond acceptors (Lipinski definition) is 7. The fourth-order valence-electron chi connectivity index (χ4n) is 2.52. The van der Waals surface area contributed by atoms with Crippen LogP contribution in [-0.2, 0) is 11.2 Å². The first-order valence-electron chi connectivity index (χ1n) is 7.34. The normalized spacial score (nSPS) is 12.8. The smallest absolute Gasteiger partial charge is 0.234 e. The van der Waals surface area contributed by atoms with Crippen LogP contribution in [0.1, 0.15) is 5.56 Å². The fraction of sp³-hybridized carbons (Fsp3) is 0.200. The van der Waals surface area contributed by atoms with E-state index in [-0.39, 0.29) is 17.6 Å². The van der Waals surface area contributed by atoms with E-state index in [0.717, 1.165) is 23.4 Å². The maximum Gasteiger partial charge on any atom is 0.234 e. The van der Waals surface area contributed by atoms with E-state index in [9.17, 15) is 4.79 Å². The van der Waals surface area contributed by atoms with Gasteiger partial charge >= 0.3 is 0 Å². The number of aromatic nitrogens is 4. The van der Waals surface area contributed by atoms with E-state index < -0.39 is 0 Å². The molecule has 0 unspecified atom stereocenters. The van der Waals surface area contributed by atoms with Crippen molar-refractivity contribution in [3.63, 3.8) is 0 Å². The van der Waals surface area contributed by atoms with Crippen molar-refractivity contribution in [2.24, 2.45) is 0 Å². The van der Waals surface area contributed by atoms with Crippen molar-refractivity contribution in [1.82, 2.24) is 19.9 Å². The molecule has 9 heteroatoms. The van der Waals surface area contributed by atoms with Gasteiger partial charge in [0, 0.05) is 12.1 Å². The Bertz CT molecular complexity index is 925. The molecule has 1 aromatic carbocycles. The van der Waals surface area contributed by atoms with Crippen LogP contribution in [0.15, 0.2) is 29.6 Å². The third-order valence-corrected chi connectivity index (χ3v) is 4.56. The number of imidazole rings is 1. The first-order chi connectivity index (χ1) is 11.7. The summed E-state index contributed by atoms with van der Waals surface area (Å²) in [5.41, 5.74) is 8.71. The Kier molecular flexibility index (Phi) is 3.69. The van der Waals surface area contributed by atoms with Crippen molar-refractivity contribution < 1.29 is 9.53 Å². The number of carbonyl (C=O) groups is 1. The third-order valence-electron chi connectivity index (χ3n) is 3.58. The van der Waals surface area contributed by atoms with Gasteiger partial charge in [0.2, 0.25) is 11.9 Å². The minimum atomic E-state index is -0.122. The Balaban J connectivity index is 1.44. The molecule has 0 bridgehead atoms. The number of fused-ring (bicyclic) bond motifs is 2. The Hall–Kier alpha value is -2.81. The summed E-state index contributed by atoms with van der Waals surface area (Å²) >= 11 is 1.28. The second-order valence-corrected chi connectivity index (χ2v) is 6.21. The molecule has 0 fully saturated rings. The number of amides is 1. The van der Waals surface area contributed by atoms with Gasteiger partial charge in [0.15, 0.2) is 5.65 Å². The maximum absolute atomic E-state index is 12.2. The van der Waals surface area contributed by atoms with Gasteiger partial charge in [-0.15, -0.1) is 0 Å². The van der Waals surface area contributed by atoms with Crippen molar-refractivity contribution in [1.29, 1.82) is 0 Å². The predicted molar refractivity (Wildman–Crippen MR) is 91.1 cm³/mol. The van der Waals surface area contributed by atoms with Crippen molar-refractivity contribution in [3.05, 3.63) is 30.1 Å². The molecular formula is C15H14N6O2S. The summed E-state index contributed by atoms with van der Waals surface area (Å²) in [6.07, 6.45) is 2.39. The molecule has 8 nitrogen and oxygen atoms in total. The van der Waals surface area contributed by atoms with Crippen molar-refractivity contribution in [3.8, 4) is 5.75 Å². The lowest BCUT2D eigenvalue weighted by Crippen LogP contribution is -2.14. The standard InChI is InChI=1S/C15H14N6O2S/c16-15-20-13-12(17-7-18-13)14(21-15)24-6-11(22)19-9-1-2-10-8(5-9)3-4-23-10/h1-2,5,7H,3-4,6H2,(H,19,22)(H3,16,17,18,20,21). The van der Waals surface area contributed by atoms with Gasteiger partial charge in [-0.05, 0) is 23.8 Å². The number of nitrogens with zero attached hydrogens (tertiary/aromatic N) is 3. The molecule has 24 heavy (non-hydrogen) atoms. The Morgan fingerprint density at radius 3 is 3.25 bits per heavy atom. The van der Waals surface area contributed by atoms with E-state index in [2.05, 4.69) is 25.3 Å². The minimum Gasteiger partial charge on any atom is -0.493 e. The predicted octanol–water partition coefficient (Wildman–Crippen LogP) is 1.60. The number of ether oxygens (including phenoxy) is 1. The second-order valence-electron chi connectivity index (χ2n) is 5.25. The minimum absolute atomic E-state index is 0.122. The number of nitrogens with two attached hydrogens (primary N) is 1. The van der Waals surface area contributed by atoms with Gasteiger partial charge in [-0.3, -0.25) is 4.79 Å². The van der Waals surface area contributed by atoms with Crippen molar-refractivity contribution in [2.75, 3.05) is 23.4 Å². The topological polar surface area (TPSA) is 119 Å². The van der Waals surface area contributed by atoms with Gasteiger partial charge in [0.05, 0.1) is 18.7 Å². The lowest BCUT2D eigenvalue weighted by Gasteiger charge is -2.07. The molecule has 0 aliphatic carbocycles. The van der Waals surface area contributed by atoms with Crippen LogP contribution in [0, 0.1) is 0 Å². The molecule has 4 N–H and O–H groups in total. The van der Waals surface area contributed by atoms with Gasteiger partial charge < -0.3 is 20.8 Å². The van der Waals surface area contributed by atoms with E-state index in [1.807, 2.05) is 18.2 Å². The van der Waals surface area contributed by atoms with Gasteiger partial charge in [-0.25, -0.2) is 9.97 Å². The van der Waals surface area contributed by atoms with Crippen molar-refractivity contribution in [2.45, 2.75) is 11.4 Å². The highest BCUT2D eigenvalue weighted by molar-refractivity contribution is 8.00. The molecule has 0 radical (unpaired) electrons. The zero-order valence-electron chi connectivity index (χ0n) is 12.6. The molecule has 1 aliphatic rings. The number of carbonyl (C=O) groups excluding carboxylic acids is 1. The highest BCUT2D eigenvalue weighted by Gasteiger charge is 2.14. The number of hydrogen-bond donors (Lipinski definition) is 3. The molecule has 122 valence electrons. The van der Waals surface area contributed by atoms with Crippen LogP contribution >= 0.6 is 11.8 Å². The van der Waals surface area contributed by atoms with Crippen LogP contribution in [-0.4, -0.2) is 38.2 Å². The first kappa shape index (κ1) is 14.8. The molecule has 2 aromatic heterocycles. The molecule has 0 spiro atoms. The molecule has 3 aromatic rings. The molecular weight excluding hydrogens is 328 g/mol. The number of benzene rings is 1. The number of nitrogens with one attached hydrogen (secondary N) is 2. The van der Waals surface area contributed by atoms with Gasteiger partial charge in [0.1, 0.15) is 16.3 Å². The number of nitrogen functional groups attached to an aromatic ring is 1. The zero-order chi connectivity index (χ0) is 16.5. The van der Waals surface area contributed by atoms with Gasteiger partial charge in [-0.2, -0.15) is 4.98 Å². The largest absolute Gasteiger partial charge is 0.493 e. The summed E-state index contributed by atoms with van der Waals surface area (Å²) in [6, 6.07) is 5.66. The monoisotopic (exact) mass is 342 g/mol. The fourth-order valence-corrected chi connectivity index (χ4v) is 3.32. The lowest BCUT2D eigenvalue weighted by molar-refractivity contribution is -0.113. The molecule has 4 rings (SSSR count). The Morgan fingerprint density at radius 2 is 2.33 bits per heavy atom.